The normalized spacial score (nSPS) is 17.5. The molecule has 0 atom stereocenters. The molecule has 182 valence electrons. The second-order valence-corrected chi connectivity index (χ2v) is 9.43. The van der Waals surface area contributed by atoms with Gasteiger partial charge in [0.15, 0.2) is 5.78 Å². The van der Waals surface area contributed by atoms with E-state index in [1.54, 1.807) is 24.5 Å². The van der Waals surface area contributed by atoms with E-state index < -0.39 is 5.41 Å². The molecule has 2 saturated heterocycles. The number of carbonyl (C=O) groups is 1. The van der Waals surface area contributed by atoms with Gasteiger partial charge in [-0.05, 0) is 25.3 Å². The van der Waals surface area contributed by atoms with Gasteiger partial charge in [-0.25, -0.2) is 9.97 Å². The van der Waals surface area contributed by atoms with E-state index in [1.807, 2.05) is 29.9 Å². The van der Waals surface area contributed by atoms with E-state index in [9.17, 15) is 10.1 Å². The number of rotatable bonds is 7. The number of nitriles is 2. The number of nitrogens with zero attached hydrogens (tertiary/aromatic N) is 7. The van der Waals surface area contributed by atoms with Crippen LogP contribution >= 0.6 is 0 Å². The summed E-state index contributed by atoms with van der Waals surface area (Å²) in [6.45, 7) is 4.98. The summed E-state index contributed by atoms with van der Waals surface area (Å²) < 4.78 is 1.97. The lowest BCUT2D eigenvalue weighted by Gasteiger charge is -2.34. The molecule has 0 bridgehead atoms. The van der Waals surface area contributed by atoms with E-state index in [0.29, 0.717) is 37.2 Å². The van der Waals surface area contributed by atoms with Gasteiger partial charge in [-0.3, -0.25) is 14.4 Å². The van der Waals surface area contributed by atoms with E-state index in [2.05, 4.69) is 37.8 Å². The average molecular weight is 482 g/mol. The highest BCUT2D eigenvalue weighted by Crippen LogP contribution is 2.29. The van der Waals surface area contributed by atoms with Crippen molar-refractivity contribution in [3.63, 3.8) is 0 Å². The van der Waals surface area contributed by atoms with Gasteiger partial charge >= 0.3 is 0 Å². The topological polar surface area (TPSA) is 136 Å². The Kier molecular flexibility index (Phi) is 6.47. The number of aryl methyl sites for hydroxylation is 1. The molecule has 0 unspecified atom stereocenters. The zero-order valence-electron chi connectivity index (χ0n) is 20.1. The Hall–Kier alpha value is -4.12. The van der Waals surface area contributed by atoms with Crippen molar-refractivity contribution >= 4 is 17.4 Å². The number of benzene rings is 1. The Morgan fingerprint density at radius 3 is 2.58 bits per heavy atom. The minimum atomic E-state index is -0.957. The molecular formula is C26H27N9O. The highest BCUT2D eigenvalue weighted by atomic mass is 16.1. The Morgan fingerprint density at radius 2 is 1.94 bits per heavy atom. The minimum absolute atomic E-state index is 0.148. The summed E-state index contributed by atoms with van der Waals surface area (Å²) in [6.07, 6.45) is 7.42. The fourth-order valence-corrected chi connectivity index (χ4v) is 4.69. The summed E-state index contributed by atoms with van der Waals surface area (Å²) in [5.74, 6) is 0.313. The van der Waals surface area contributed by atoms with Crippen LogP contribution < -0.4 is 10.6 Å². The van der Waals surface area contributed by atoms with Crippen LogP contribution in [0.1, 0.15) is 34.8 Å². The first-order chi connectivity index (χ1) is 17.5. The van der Waals surface area contributed by atoms with E-state index >= 15 is 0 Å². The number of likely N-dealkylation sites (tertiary alicyclic amines) is 1. The number of Topliss-reactive ketones (excluding diaryl/α,β-unsaturated/α-hetero) is 1. The lowest BCUT2D eigenvalue weighted by Crippen LogP contribution is -2.57. The molecule has 2 aliphatic rings. The number of aromatic nitrogens is 4. The van der Waals surface area contributed by atoms with Crippen LogP contribution in [0.2, 0.25) is 0 Å². The maximum absolute atomic E-state index is 12.8. The molecule has 10 nitrogen and oxygen atoms in total. The molecule has 2 aromatic heterocycles. The molecule has 10 heteroatoms. The first kappa shape index (κ1) is 23.6. The molecule has 2 fully saturated rings. The smallest absolute Gasteiger partial charge is 0.227 e. The van der Waals surface area contributed by atoms with Crippen LogP contribution in [-0.2, 0) is 0 Å². The summed E-state index contributed by atoms with van der Waals surface area (Å²) in [5, 5.41) is 29.1. The van der Waals surface area contributed by atoms with Crippen molar-refractivity contribution in [2.75, 3.05) is 38.0 Å². The van der Waals surface area contributed by atoms with Crippen molar-refractivity contribution in [3.05, 3.63) is 54.0 Å². The Labute approximate surface area is 209 Å². The lowest BCUT2D eigenvalue weighted by molar-refractivity contribution is 0.0790. The van der Waals surface area contributed by atoms with Crippen LogP contribution in [0.5, 0.6) is 0 Å². The molecule has 2 N–H and O–H groups in total. The molecule has 0 amide bonds. The first-order valence-electron chi connectivity index (χ1n) is 12.0. The third-order valence-corrected chi connectivity index (χ3v) is 6.98. The number of ketones is 1. The zero-order valence-corrected chi connectivity index (χ0v) is 20.1. The van der Waals surface area contributed by atoms with Gasteiger partial charge in [-0.1, -0.05) is 24.3 Å². The molecule has 0 aliphatic carbocycles. The van der Waals surface area contributed by atoms with Gasteiger partial charge in [0.25, 0.3) is 0 Å². The van der Waals surface area contributed by atoms with Gasteiger partial charge in [0.1, 0.15) is 5.41 Å². The second-order valence-electron chi connectivity index (χ2n) is 9.43. The first-order valence-corrected chi connectivity index (χ1v) is 12.0. The number of nitrogens with one attached hydrogen (secondary N) is 2. The average Bonchev–Trinajstić information content (AvgIpc) is 3.34. The molecule has 0 radical (unpaired) electrons. The molecule has 0 saturated carbocycles. The second kappa shape index (κ2) is 9.86. The molecule has 0 spiro atoms. The molecule has 1 aromatic carbocycles. The Bertz CT molecular complexity index is 1340. The van der Waals surface area contributed by atoms with Crippen LogP contribution in [0.4, 0.5) is 11.6 Å². The van der Waals surface area contributed by atoms with Crippen LogP contribution in [0.15, 0.2) is 42.9 Å². The number of hydrogen-bond donors (Lipinski definition) is 2. The molecule has 3 aromatic rings. The van der Waals surface area contributed by atoms with Crippen molar-refractivity contribution in [2.24, 2.45) is 5.41 Å². The van der Waals surface area contributed by atoms with E-state index in [4.69, 9.17) is 10.2 Å². The van der Waals surface area contributed by atoms with Gasteiger partial charge in [-0.2, -0.15) is 15.6 Å². The van der Waals surface area contributed by atoms with Crippen molar-refractivity contribution in [2.45, 2.75) is 25.8 Å². The third kappa shape index (κ3) is 4.57. The number of hydrogen-bond acceptors (Lipinski definition) is 9. The SMILES string of the molecule is Cc1cnc(Nc2cnn(C3CCN(CC#N)CC3)c2)nc1-c1ccc(C(=O)C2(C#N)CNC2)cc1. The van der Waals surface area contributed by atoms with Crippen LogP contribution in [0.3, 0.4) is 0 Å². The van der Waals surface area contributed by atoms with Gasteiger partial charge in [0.05, 0.1) is 42.3 Å². The molecular weight excluding hydrogens is 454 g/mol. The Balaban J connectivity index is 1.28. The van der Waals surface area contributed by atoms with Crippen molar-refractivity contribution in [1.82, 2.24) is 30.0 Å². The quantitative estimate of drug-likeness (QED) is 0.386. The predicted molar refractivity (Wildman–Crippen MR) is 133 cm³/mol. The monoisotopic (exact) mass is 481 g/mol. The number of anilines is 2. The number of carbonyl (C=O) groups excluding carboxylic acids is 1. The highest BCUT2D eigenvalue weighted by Gasteiger charge is 2.44. The van der Waals surface area contributed by atoms with Gasteiger partial charge in [0, 0.05) is 49.7 Å². The fraction of sp³-hybridized carbons (Fsp3) is 0.385. The lowest BCUT2D eigenvalue weighted by atomic mass is 9.76. The summed E-state index contributed by atoms with van der Waals surface area (Å²) >= 11 is 0. The van der Waals surface area contributed by atoms with Crippen molar-refractivity contribution in [1.29, 1.82) is 10.5 Å². The molecule has 4 heterocycles. The summed E-state index contributed by atoms with van der Waals surface area (Å²) in [6, 6.07) is 11.9. The maximum Gasteiger partial charge on any atom is 0.227 e. The molecule has 5 rings (SSSR count). The van der Waals surface area contributed by atoms with Crippen LogP contribution in [-0.4, -0.2) is 63.2 Å². The van der Waals surface area contributed by atoms with Crippen LogP contribution in [0, 0.1) is 35.0 Å². The summed E-state index contributed by atoms with van der Waals surface area (Å²) in [7, 11) is 0. The van der Waals surface area contributed by atoms with E-state index in [1.165, 1.54) is 0 Å². The maximum atomic E-state index is 12.8. The van der Waals surface area contributed by atoms with E-state index in [-0.39, 0.29) is 5.78 Å². The summed E-state index contributed by atoms with van der Waals surface area (Å²) in [4.78, 5) is 24.1. The van der Waals surface area contributed by atoms with Gasteiger partial charge < -0.3 is 10.6 Å². The third-order valence-electron chi connectivity index (χ3n) is 6.98. The molecule has 36 heavy (non-hydrogen) atoms. The van der Waals surface area contributed by atoms with Crippen LogP contribution in [0.25, 0.3) is 11.3 Å². The van der Waals surface area contributed by atoms with Gasteiger partial charge in [0.2, 0.25) is 5.95 Å². The zero-order chi connectivity index (χ0) is 25.1. The Morgan fingerprint density at radius 1 is 1.19 bits per heavy atom. The van der Waals surface area contributed by atoms with Crippen molar-refractivity contribution in [3.8, 4) is 23.4 Å². The number of piperidine rings is 1. The molecule has 2 aliphatic heterocycles. The highest BCUT2D eigenvalue weighted by molar-refractivity contribution is 6.03. The minimum Gasteiger partial charge on any atom is -0.321 e. The van der Waals surface area contributed by atoms with Gasteiger partial charge in [-0.15, -0.1) is 0 Å². The standard InChI is InChI=1S/C26H27N9O/c1-18-12-30-25(32-21-13-31-35(14-21)22-6-9-34(10-7-22)11-8-27)33-23(18)19-2-4-20(5-3-19)24(36)26(15-28)16-29-17-26/h2-5,12-14,22,29H,6-7,9-11,16-17H2,1H3,(H,30,32,33). The predicted octanol–water partition coefficient (Wildman–Crippen LogP) is 2.85. The van der Waals surface area contributed by atoms with Crippen molar-refractivity contribution < 1.29 is 4.79 Å². The largest absolute Gasteiger partial charge is 0.321 e. The summed E-state index contributed by atoms with van der Waals surface area (Å²) in [5.41, 5.74) is 2.92. The fourth-order valence-electron chi connectivity index (χ4n) is 4.69. The van der Waals surface area contributed by atoms with E-state index in [0.717, 1.165) is 48.4 Å².